The first-order chi connectivity index (χ1) is 17.7. The number of fused-ring (bicyclic) bond motifs is 2. The molecule has 10 heteroatoms. The first kappa shape index (κ1) is 26.1. The zero-order valence-corrected chi connectivity index (χ0v) is 22.3. The van der Waals surface area contributed by atoms with Gasteiger partial charge in [0.1, 0.15) is 0 Å². The molecule has 3 heterocycles. The molecule has 3 aromatic rings. The van der Waals surface area contributed by atoms with Gasteiger partial charge in [0, 0.05) is 38.8 Å². The number of nitrogens with one attached hydrogen (secondary N) is 3. The Morgan fingerprint density at radius 1 is 1.11 bits per heavy atom. The second-order valence-corrected chi connectivity index (χ2v) is 9.78. The van der Waals surface area contributed by atoms with Crippen LogP contribution < -0.4 is 10.6 Å². The molecule has 0 aliphatic carbocycles. The molecule has 2 aliphatic heterocycles. The van der Waals surface area contributed by atoms with Crippen LogP contribution in [0.3, 0.4) is 0 Å². The number of carbonyl (C=O) groups is 4. The van der Waals surface area contributed by atoms with Gasteiger partial charge in [0.05, 0.1) is 24.7 Å². The van der Waals surface area contributed by atoms with Gasteiger partial charge in [-0.1, -0.05) is 0 Å². The molecule has 4 N–H and O–H groups in total. The molecule has 9 nitrogen and oxygen atoms in total. The van der Waals surface area contributed by atoms with E-state index in [9.17, 15) is 19.2 Å². The molecule has 0 radical (unpaired) electrons. The lowest BCUT2D eigenvalue weighted by molar-refractivity contribution is -0.137. The van der Waals surface area contributed by atoms with Crippen molar-refractivity contribution in [3.05, 3.63) is 79.7 Å². The van der Waals surface area contributed by atoms with Crippen molar-refractivity contribution in [3.63, 3.8) is 0 Å². The van der Waals surface area contributed by atoms with E-state index in [0.717, 1.165) is 28.1 Å². The molecule has 37 heavy (non-hydrogen) atoms. The fraction of sp³-hybridized carbons (Fsp3) is 0.185. The number of amides is 2. The summed E-state index contributed by atoms with van der Waals surface area (Å²) in [7, 11) is 1.30. The van der Waals surface area contributed by atoms with E-state index >= 15 is 0 Å². The number of aliphatic carboxylic acids is 1. The van der Waals surface area contributed by atoms with E-state index in [0.29, 0.717) is 35.2 Å². The van der Waals surface area contributed by atoms with Gasteiger partial charge < -0.3 is 25.5 Å². The molecular formula is C27H24IN3O6. The summed E-state index contributed by atoms with van der Waals surface area (Å²) in [6, 6.07) is 10.9. The molecule has 0 atom stereocenters. The van der Waals surface area contributed by atoms with Crippen LogP contribution in [0.15, 0.2) is 42.6 Å². The van der Waals surface area contributed by atoms with Crippen molar-refractivity contribution < 1.29 is 29.0 Å². The monoisotopic (exact) mass is 613 g/mol. The molecule has 2 aromatic carbocycles. The second kappa shape index (κ2) is 11.0. The molecule has 1 aromatic heterocycles. The summed E-state index contributed by atoms with van der Waals surface area (Å²) in [6.07, 6.45) is 4.45. The molecule has 2 amide bonds. The van der Waals surface area contributed by atoms with Gasteiger partial charge in [-0.25, -0.2) is 4.79 Å². The SMILES string of the molecule is COC(=O)c1ccc2c(c1)C(=Cc1[nH]cc(CCC(=O)O)c1C)C(=O)N2.O=C1Cc2cc(I)ccc2N1. The van der Waals surface area contributed by atoms with Crippen molar-refractivity contribution in [3.8, 4) is 0 Å². The van der Waals surface area contributed by atoms with Gasteiger partial charge in [0.15, 0.2) is 0 Å². The summed E-state index contributed by atoms with van der Waals surface area (Å²) in [5.41, 5.74) is 6.64. The Balaban J connectivity index is 0.000000241. The number of anilines is 2. The van der Waals surface area contributed by atoms with Crippen LogP contribution in [0.2, 0.25) is 0 Å². The van der Waals surface area contributed by atoms with Crippen LogP contribution in [0.25, 0.3) is 11.6 Å². The summed E-state index contributed by atoms with van der Waals surface area (Å²) in [4.78, 5) is 48.8. The number of hydrogen-bond acceptors (Lipinski definition) is 5. The van der Waals surface area contributed by atoms with Gasteiger partial charge in [-0.3, -0.25) is 14.4 Å². The van der Waals surface area contributed by atoms with E-state index in [1.54, 1.807) is 30.5 Å². The lowest BCUT2D eigenvalue weighted by atomic mass is 10.0. The number of halogens is 1. The van der Waals surface area contributed by atoms with Crippen LogP contribution in [0.5, 0.6) is 0 Å². The van der Waals surface area contributed by atoms with Gasteiger partial charge in [-0.15, -0.1) is 0 Å². The van der Waals surface area contributed by atoms with E-state index in [-0.39, 0.29) is 18.2 Å². The van der Waals surface area contributed by atoms with Crippen molar-refractivity contribution in [2.24, 2.45) is 0 Å². The number of ether oxygens (including phenoxy) is 1. The molecule has 0 saturated carbocycles. The fourth-order valence-corrected chi connectivity index (χ4v) is 4.68. The Bertz CT molecular complexity index is 1460. The number of carboxylic acid groups (broad SMARTS) is 1. The number of esters is 1. The minimum absolute atomic E-state index is 0.0422. The molecule has 5 rings (SSSR count). The first-order valence-electron chi connectivity index (χ1n) is 11.4. The van der Waals surface area contributed by atoms with Crippen LogP contribution in [-0.4, -0.2) is 41.0 Å². The van der Waals surface area contributed by atoms with Gasteiger partial charge in [-0.2, -0.15) is 0 Å². The van der Waals surface area contributed by atoms with Crippen LogP contribution >= 0.6 is 22.6 Å². The molecular weight excluding hydrogens is 589 g/mol. The van der Waals surface area contributed by atoms with Crippen molar-refractivity contribution in [2.45, 2.75) is 26.2 Å². The van der Waals surface area contributed by atoms with Crippen LogP contribution in [-0.2, 0) is 32.0 Å². The molecule has 0 unspecified atom stereocenters. The van der Waals surface area contributed by atoms with Gasteiger partial charge in [-0.05, 0) is 95.1 Å². The third-order valence-electron chi connectivity index (χ3n) is 6.10. The first-order valence-corrected chi connectivity index (χ1v) is 12.5. The molecule has 190 valence electrons. The number of aryl methyl sites for hydroxylation is 1. The quantitative estimate of drug-likeness (QED) is 0.191. The maximum absolute atomic E-state index is 12.3. The average Bonchev–Trinajstić information content (AvgIpc) is 3.51. The Labute approximate surface area is 226 Å². The minimum Gasteiger partial charge on any atom is -0.481 e. The third kappa shape index (κ3) is 5.91. The highest BCUT2D eigenvalue weighted by atomic mass is 127. The highest BCUT2D eigenvalue weighted by molar-refractivity contribution is 14.1. The Kier molecular flexibility index (Phi) is 7.77. The third-order valence-corrected chi connectivity index (χ3v) is 6.77. The van der Waals surface area contributed by atoms with Gasteiger partial charge >= 0.3 is 11.9 Å². The maximum atomic E-state index is 12.3. The Hall–Kier alpha value is -3.93. The highest BCUT2D eigenvalue weighted by Crippen LogP contribution is 2.34. The number of aromatic nitrogens is 1. The molecule has 0 saturated heterocycles. The maximum Gasteiger partial charge on any atom is 0.337 e. The summed E-state index contributed by atoms with van der Waals surface area (Å²) < 4.78 is 5.91. The number of rotatable bonds is 5. The number of aromatic amines is 1. The zero-order chi connectivity index (χ0) is 26.7. The van der Waals surface area contributed by atoms with Crippen LogP contribution in [0.4, 0.5) is 11.4 Å². The number of benzene rings is 2. The van der Waals surface area contributed by atoms with Crippen molar-refractivity contribution >= 4 is 69.4 Å². The standard InChI is InChI=1S/C19H18N2O5.C8H6INO/c1-10-12(4-6-17(22)23)9-20-16(10)8-14-13-7-11(19(25)26-2)3-5-15(13)21-18(14)24;9-6-1-2-7-5(3-6)4-8(11)10-7/h3,5,7-9,20H,4,6H2,1-2H3,(H,21,24)(H,22,23);1-3H,4H2,(H,10,11). The second-order valence-electron chi connectivity index (χ2n) is 8.54. The fourth-order valence-electron chi connectivity index (χ4n) is 4.12. The number of carbonyl (C=O) groups excluding carboxylic acids is 3. The Morgan fingerprint density at radius 3 is 2.59 bits per heavy atom. The summed E-state index contributed by atoms with van der Waals surface area (Å²) >= 11 is 2.24. The number of hydrogen-bond donors (Lipinski definition) is 4. The van der Waals surface area contributed by atoms with E-state index in [1.165, 1.54) is 10.7 Å². The van der Waals surface area contributed by atoms with Crippen LogP contribution in [0.1, 0.15) is 44.7 Å². The molecule has 0 bridgehead atoms. The van der Waals surface area contributed by atoms with Gasteiger partial charge in [0.2, 0.25) is 5.91 Å². The van der Waals surface area contributed by atoms with Crippen molar-refractivity contribution in [2.75, 3.05) is 17.7 Å². The zero-order valence-electron chi connectivity index (χ0n) is 20.1. The van der Waals surface area contributed by atoms with Crippen LogP contribution in [0, 0.1) is 10.5 Å². The topological polar surface area (TPSA) is 138 Å². The smallest absolute Gasteiger partial charge is 0.337 e. The molecule has 0 fully saturated rings. The Morgan fingerprint density at radius 2 is 1.86 bits per heavy atom. The number of H-pyrrole nitrogens is 1. The van der Waals surface area contributed by atoms with E-state index in [1.807, 2.05) is 25.1 Å². The van der Waals surface area contributed by atoms with Crippen molar-refractivity contribution in [1.82, 2.24) is 4.98 Å². The number of methoxy groups -OCH3 is 1. The molecule has 2 aliphatic rings. The largest absolute Gasteiger partial charge is 0.481 e. The summed E-state index contributed by atoms with van der Waals surface area (Å²) in [6.45, 7) is 1.87. The van der Waals surface area contributed by atoms with E-state index in [2.05, 4.69) is 38.2 Å². The minimum atomic E-state index is -0.857. The molecule has 0 spiro atoms. The highest BCUT2D eigenvalue weighted by Gasteiger charge is 2.26. The predicted octanol–water partition coefficient (Wildman–Crippen LogP) is 4.41. The normalized spacial score (nSPS) is 14.3. The van der Waals surface area contributed by atoms with Crippen molar-refractivity contribution in [1.29, 1.82) is 0 Å². The van der Waals surface area contributed by atoms with E-state index < -0.39 is 11.9 Å². The van der Waals surface area contributed by atoms with E-state index in [4.69, 9.17) is 9.84 Å². The average molecular weight is 613 g/mol. The number of carboxylic acids is 1. The lowest BCUT2D eigenvalue weighted by Crippen LogP contribution is -2.03. The van der Waals surface area contributed by atoms with Gasteiger partial charge in [0.25, 0.3) is 5.91 Å². The predicted molar refractivity (Wildman–Crippen MR) is 147 cm³/mol. The summed E-state index contributed by atoms with van der Waals surface area (Å²) in [5, 5.41) is 14.4. The summed E-state index contributed by atoms with van der Waals surface area (Å²) in [5.74, 6) is -1.49. The lowest BCUT2D eigenvalue weighted by Gasteiger charge is -2.03.